The van der Waals surface area contributed by atoms with Gasteiger partial charge in [0.1, 0.15) is 11.5 Å². The average Bonchev–Trinajstić information content (AvgIpc) is 2.53. The average molecular weight is 307 g/mol. The van der Waals surface area contributed by atoms with Crippen LogP contribution in [-0.2, 0) is 0 Å². The second-order valence-electron chi connectivity index (χ2n) is 5.87. The number of hydrogen-bond acceptors (Lipinski definition) is 3. The van der Waals surface area contributed by atoms with E-state index in [1.165, 1.54) is 11.6 Å². The van der Waals surface area contributed by atoms with Gasteiger partial charge in [0.05, 0.1) is 0 Å². The molecule has 0 bridgehead atoms. The van der Waals surface area contributed by atoms with Gasteiger partial charge in [0.15, 0.2) is 5.82 Å². The molecule has 0 amide bonds. The maximum Gasteiger partial charge on any atom is 0.160 e. The lowest BCUT2D eigenvalue weighted by molar-refractivity contribution is 0.626. The fraction of sp³-hybridized carbons (Fsp3) is 0.211. The summed E-state index contributed by atoms with van der Waals surface area (Å²) in [5.41, 5.74) is 6.17. The number of nitrogens with zero attached hydrogens (tertiary/aromatic N) is 3. The highest BCUT2D eigenvalue weighted by molar-refractivity contribution is 5.66. The summed E-state index contributed by atoms with van der Waals surface area (Å²) >= 11 is 0. The van der Waals surface area contributed by atoms with Crippen molar-refractivity contribution in [1.82, 2.24) is 15.0 Å². The molecule has 3 aromatic rings. The Labute approximate surface area is 135 Å². The first-order valence-corrected chi connectivity index (χ1v) is 7.48. The zero-order valence-electron chi connectivity index (χ0n) is 13.7. The highest BCUT2D eigenvalue weighted by atomic mass is 19.1. The van der Waals surface area contributed by atoms with Gasteiger partial charge in [0.25, 0.3) is 0 Å². The molecule has 0 fully saturated rings. The summed E-state index contributed by atoms with van der Waals surface area (Å²) in [5.74, 6) is 0.110. The predicted octanol–water partition coefficient (Wildman–Crippen LogP) is 4.58. The van der Waals surface area contributed by atoms with Crippen LogP contribution in [-0.4, -0.2) is 15.0 Å². The molecule has 1 aromatic carbocycles. The van der Waals surface area contributed by atoms with Crippen LogP contribution in [0.4, 0.5) is 4.39 Å². The molecule has 0 saturated carbocycles. The zero-order valence-corrected chi connectivity index (χ0v) is 13.7. The summed E-state index contributed by atoms with van der Waals surface area (Å²) in [7, 11) is 0. The topological polar surface area (TPSA) is 38.7 Å². The van der Waals surface area contributed by atoms with Crippen molar-refractivity contribution in [2.45, 2.75) is 27.7 Å². The summed E-state index contributed by atoms with van der Waals surface area (Å²) in [6.07, 6.45) is 5.04. The van der Waals surface area contributed by atoms with E-state index in [0.29, 0.717) is 17.1 Å². The van der Waals surface area contributed by atoms with Crippen LogP contribution in [0.25, 0.3) is 22.6 Å². The first-order valence-electron chi connectivity index (χ1n) is 7.48. The number of pyridine rings is 1. The minimum Gasteiger partial charge on any atom is -0.252 e. The molecule has 0 radical (unpaired) electrons. The normalized spacial score (nSPS) is 10.8. The fourth-order valence-corrected chi connectivity index (χ4v) is 2.49. The largest absolute Gasteiger partial charge is 0.252 e. The predicted molar refractivity (Wildman–Crippen MR) is 89.6 cm³/mol. The minimum absolute atomic E-state index is 0.354. The highest BCUT2D eigenvalue weighted by Gasteiger charge is 2.12. The van der Waals surface area contributed by atoms with E-state index in [2.05, 4.69) is 21.9 Å². The van der Waals surface area contributed by atoms with E-state index in [4.69, 9.17) is 0 Å². The van der Waals surface area contributed by atoms with E-state index in [0.717, 1.165) is 22.3 Å². The summed E-state index contributed by atoms with van der Waals surface area (Å²) in [4.78, 5) is 12.7. The Morgan fingerprint density at radius 2 is 1.35 bits per heavy atom. The van der Waals surface area contributed by atoms with Crippen LogP contribution in [0.1, 0.15) is 22.3 Å². The Kier molecular flexibility index (Phi) is 3.90. The quantitative estimate of drug-likeness (QED) is 0.695. The molecular formula is C19H18FN3. The molecule has 0 aliphatic rings. The highest BCUT2D eigenvalue weighted by Crippen LogP contribution is 2.27. The van der Waals surface area contributed by atoms with Crippen molar-refractivity contribution >= 4 is 0 Å². The van der Waals surface area contributed by atoms with Gasteiger partial charge < -0.3 is 0 Å². The lowest BCUT2D eigenvalue weighted by Crippen LogP contribution is -1.96. The number of aryl methyl sites for hydroxylation is 3. The Morgan fingerprint density at radius 3 is 1.91 bits per heavy atom. The molecule has 3 rings (SSSR count). The lowest BCUT2D eigenvalue weighted by atomic mass is 9.98. The van der Waals surface area contributed by atoms with Crippen LogP contribution in [0.3, 0.4) is 0 Å². The molecule has 2 aromatic heterocycles. The number of aromatic nitrogens is 3. The first kappa shape index (κ1) is 15.3. The molecule has 0 aliphatic heterocycles. The molecule has 0 spiro atoms. The number of benzene rings is 1. The Morgan fingerprint density at radius 1 is 0.739 bits per heavy atom. The maximum absolute atomic E-state index is 14.5. The van der Waals surface area contributed by atoms with Crippen LogP contribution in [0.15, 0.2) is 36.8 Å². The fourth-order valence-electron chi connectivity index (χ4n) is 2.49. The van der Waals surface area contributed by atoms with Gasteiger partial charge in [-0.2, -0.15) is 0 Å². The van der Waals surface area contributed by atoms with Crippen molar-refractivity contribution < 1.29 is 4.39 Å². The van der Waals surface area contributed by atoms with Gasteiger partial charge in [-0.25, -0.2) is 14.4 Å². The van der Waals surface area contributed by atoms with E-state index in [9.17, 15) is 4.39 Å². The molecule has 0 aliphatic carbocycles. The standard InChI is InChI=1S/C19H18FN3/c1-11-8-22-19(23-9-11)16-7-17(20)18(21-10-16)15-5-12(2)14(4)13(3)6-15/h5-10H,1-4H3. The third-order valence-corrected chi connectivity index (χ3v) is 4.08. The Bertz CT molecular complexity index is 847. The molecule has 0 saturated heterocycles. The van der Waals surface area contributed by atoms with Crippen molar-refractivity contribution in [3.63, 3.8) is 0 Å². The van der Waals surface area contributed by atoms with E-state index < -0.39 is 0 Å². The molecule has 0 atom stereocenters. The second kappa shape index (κ2) is 5.88. The molecule has 0 N–H and O–H groups in total. The Balaban J connectivity index is 2.04. The van der Waals surface area contributed by atoms with Crippen molar-refractivity contribution in [2.24, 2.45) is 0 Å². The van der Waals surface area contributed by atoms with Gasteiger partial charge >= 0.3 is 0 Å². The number of halogens is 1. The van der Waals surface area contributed by atoms with Crippen molar-refractivity contribution in [2.75, 3.05) is 0 Å². The van der Waals surface area contributed by atoms with Crippen molar-refractivity contribution in [3.8, 4) is 22.6 Å². The smallest absolute Gasteiger partial charge is 0.160 e. The SMILES string of the molecule is Cc1cnc(-c2cnc(-c3cc(C)c(C)c(C)c3)c(F)c2)nc1. The summed E-state index contributed by atoms with van der Waals surface area (Å²) in [6.45, 7) is 8.03. The third kappa shape index (κ3) is 2.97. The molecule has 116 valence electrons. The number of rotatable bonds is 2. The molecular weight excluding hydrogens is 289 g/mol. The van der Waals surface area contributed by atoms with Gasteiger partial charge in [0, 0.05) is 29.7 Å². The molecule has 0 unspecified atom stereocenters. The Hall–Kier alpha value is -2.62. The van der Waals surface area contributed by atoms with Gasteiger partial charge in [-0.3, -0.25) is 4.98 Å². The van der Waals surface area contributed by atoms with Crippen LogP contribution >= 0.6 is 0 Å². The zero-order chi connectivity index (χ0) is 16.6. The first-order chi connectivity index (χ1) is 11.0. The molecule has 2 heterocycles. The van der Waals surface area contributed by atoms with Gasteiger partial charge in [-0.1, -0.05) is 0 Å². The van der Waals surface area contributed by atoms with Crippen molar-refractivity contribution in [1.29, 1.82) is 0 Å². The van der Waals surface area contributed by atoms with Gasteiger partial charge in [0.2, 0.25) is 0 Å². The van der Waals surface area contributed by atoms with E-state index >= 15 is 0 Å². The van der Waals surface area contributed by atoms with Crippen LogP contribution < -0.4 is 0 Å². The van der Waals surface area contributed by atoms with E-state index in [1.807, 2.05) is 32.9 Å². The van der Waals surface area contributed by atoms with E-state index in [1.54, 1.807) is 18.6 Å². The van der Waals surface area contributed by atoms with E-state index in [-0.39, 0.29) is 5.82 Å². The van der Waals surface area contributed by atoms with Gasteiger partial charge in [-0.15, -0.1) is 0 Å². The van der Waals surface area contributed by atoms with Crippen LogP contribution in [0.2, 0.25) is 0 Å². The summed E-state index contributed by atoms with van der Waals surface area (Å²) in [5, 5.41) is 0. The molecule has 4 heteroatoms. The summed E-state index contributed by atoms with van der Waals surface area (Å²) in [6, 6.07) is 5.38. The van der Waals surface area contributed by atoms with Crippen LogP contribution in [0.5, 0.6) is 0 Å². The molecule has 23 heavy (non-hydrogen) atoms. The second-order valence-corrected chi connectivity index (χ2v) is 5.87. The lowest BCUT2D eigenvalue weighted by Gasteiger charge is -2.10. The van der Waals surface area contributed by atoms with Crippen LogP contribution in [0, 0.1) is 33.5 Å². The monoisotopic (exact) mass is 307 g/mol. The summed E-state index contributed by atoms with van der Waals surface area (Å²) < 4.78 is 14.5. The number of hydrogen-bond donors (Lipinski definition) is 0. The minimum atomic E-state index is -0.366. The maximum atomic E-state index is 14.5. The van der Waals surface area contributed by atoms with Gasteiger partial charge in [-0.05, 0) is 68.1 Å². The third-order valence-electron chi connectivity index (χ3n) is 4.08. The molecule has 3 nitrogen and oxygen atoms in total. The van der Waals surface area contributed by atoms with Crippen molar-refractivity contribution in [3.05, 3.63) is 64.9 Å².